The molecule has 0 aromatic carbocycles. The summed E-state index contributed by atoms with van der Waals surface area (Å²) in [7, 11) is -31.6. The van der Waals surface area contributed by atoms with E-state index in [4.69, 9.17) is 90.4 Å². The van der Waals surface area contributed by atoms with Gasteiger partial charge in [0.05, 0.1) is 44.4 Å². The van der Waals surface area contributed by atoms with Crippen molar-refractivity contribution >= 4 is 74.3 Å². The molecule has 7 saturated heterocycles. The van der Waals surface area contributed by atoms with Gasteiger partial charge in [-0.05, 0) is 19.3 Å². The molecule has 7 fully saturated rings. The number of fused-ring (bicyclic) bond motifs is 3. The molecule has 2 N–H and O–H groups in total. The number of carboxylic acid groups (broad SMARTS) is 2. The quantitative estimate of drug-likeness (QED) is 0.0343. The summed E-state index contributed by atoms with van der Waals surface area (Å²) in [6, 6.07) is -1.56. The summed E-state index contributed by atoms with van der Waals surface area (Å²) >= 11 is 0. The first kappa shape index (κ1) is 114. The number of ether oxygens (including phenoxy) is 17. The van der Waals surface area contributed by atoms with Gasteiger partial charge >= 0.3 is 236 Å². The van der Waals surface area contributed by atoms with Crippen LogP contribution in [-0.4, -0.2) is 317 Å². The van der Waals surface area contributed by atoms with Crippen molar-refractivity contribution in [3.05, 3.63) is 0 Å². The summed E-state index contributed by atoms with van der Waals surface area (Å²) in [5.41, 5.74) is 0.233. The Morgan fingerprint density at radius 1 is 0.413 bits per heavy atom. The molecule has 562 valence electrons. The van der Waals surface area contributed by atoms with Crippen LogP contribution in [0.4, 0.5) is 0 Å². The van der Waals surface area contributed by atoms with E-state index in [-0.39, 0.29) is 250 Å². The molecule has 0 aromatic heterocycles. The van der Waals surface area contributed by atoms with Crippen molar-refractivity contribution in [3.8, 4) is 0 Å². The monoisotopic (exact) mass is 1710 g/mol. The van der Waals surface area contributed by atoms with E-state index < -0.39 is 260 Å². The van der Waals surface area contributed by atoms with Gasteiger partial charge in [0.25, 0.3) is 0 Å². The molecule has 0 aliphatic carbocycles. The fourth-order valence-corrected chi connectivity index (χ4v) is 13.7. The van der Waals surface area contributed by atoms with Gasteiger partial charge in [-0.2, -0.15) is 0 Å². The first-order valence-electron chi connectivity index (χ1n) is 27.8. The second-order valence-corrected chi connectivity index (χ2v) is 27.4. The molecular formula is C44H67NNa8O45S6. The van der Waals surface area contributed by atoms with Crippen molar-refractivity contribution < 1.29 is 440 Å². The Kier molecular flexibility index (Phi) is 53.1. The normalized spacial score (nSPS) is 35.9. The fourth-order valence-electron chi connectivity index (χ4n) is 11.3. The van der Waals surface area contributed by atoms with Crippen LogP contribution in [0.2, 0.25) is 0 Å². The average Bonchev–Trinajstić information content (AvgIpc) is 0.726. The van der Waals surface area contributed by atoms with E-state index in [2.05, 4.69) is 20.9 Å². The molecule has 46 nitrogen and oxygen atoms in total. The zero-order chi connectivity index (χ0) is 72.1. The van der Waals surface area contributed by atoms with Gasteiger partial charge in [0.2, 0.25) is 62.4 Å². The van der Waals surface area contributed by atoms with Gasteiger partial charge in [-0.15, -0.1) is 0 Å². The number of carboxylic acids is 2. The van der Waals surface area contributed by atoms with Crippen LogP contribution < -0.4 is 252 Å². The Labute approximate surface area is 776 Å². The standard InChI is InChI=1S/C44H75NO45S6.8Na/c1-9-12-73-22-18(14-76-91(50,51)52)79-36(21(45)25(22)74-13-10-2)84-34-28(69-5)30(71-7)39(86-43(34,11-3)41(46)47)83-24-20(16-78-93(56,57)58)81-38(33(90-96(65,66)67)27(24)88-94(59,60)61)85-35-29(70-6)31-40(87-44(35,17-75-31)42(48)49)82-23-19(15-77-92(53,54)55)80-37(72-8)32(26(23)68-4)89-95(62,63)64;;;;;;;;/h18-40H,9-17,45H2,1-8H3,(H,46,47)(H,48,49)(H,50,51,52)(H,53,54,55)(H,56,57,58)(H,59,60,61)(H,62,63,64)(H,65,66,67);;;;;;;;/q;8*+1/p-8/t18-,19-,20-,21-,22-,23-,24-,25-,26+,27+,28-,29-,30-,31-,32-,33-,34+,35+,36+,37+,38-,39-,40?,43+,44+;;;;;;;;/m1......../s1. The Morgan fingerprint density at radius 3 is 1.21 bits per heavy atom. The Bertz CT molecular complexity index is 3340. The largest absolute Gasteiger partial charge is 1.00 e. The van der Waals surface area contributed by atoms with Crippen LogP contribution in [0.25, 0.3) is 0 Å². The molecule has 0 saturated carbocycles. The van der Waals surface area contributed by atoms with Gasteiger partial charge < -0.3 is 133 Å². The van der Waals surface area contributed by atoms with Crippen LogP contribution >= 0.6 is 0 Å². The molecule has 104 heavy (non-hydrogen) atoms. The number of hydrogen-bond donors (Lipinski definition) is 1. The van der Waals surface area contributed by atoms with Crippen LogP contribution in [-0.2, 0) is 178 Å². The van der Waals surface area contributed by atoms with Crippen molar-refractivity contribution in [2.75, 3.05) is 75.2 Å². The maximum absolute atomic E-state index is 13.7. The van der Waals surface area contributed by atoms with E-state index in [1.807, 2.05) is 0 Å². The predicted octanol–water partition coefficient (Wildman–Crippen LogP) is -34.2. The molecule has 1 unspecified atom stereocenters. The topological polar surface area (TPSA) is 662 Å². The second-order valence-electron chi connectivity index (χ2n) is 21.2. The van der Waals surface area contributed by atoms with Crippen LogP contribution in [0, 0.1) is 0 Å². The fraction of sp³-hybridized carbons (Fsp3) is 0.955. The third-order valence-corrected chi connectivity index (χ3v) is 17.9. The van der Waals surface area contributed by atoms with Crippen LogP contribution in [0.5, 0.6) is 0 Å². The number of carbonyl (C=O) groups is 2. The molecule has 2 bridgehead atoms. The smallest absolute Gasteiger partial charge is 0.726 e. The SMILES string of the molecule is CCCO[C@@H]1[C@@H](N)[C@H](O[C@H]2[C@H](OC)[C@@H](OC)[C@H](O[C@H]3[C@H](OS(=O)(=O)[O-])[C@@H](OS(=O)(=O)[O-])[C@@H](O[C@H]4[C@H](OC)[C@H]5OC[C@]4(C(=O)[O-])OC5O[C@H]4[C@H](OC)[C@@H](OS(=O)(=O)[O-])[C@@H](OC)O[C@@H]4COS(=O)(=O)[O-])O[C@@H]3COS(=O)(=O)[O-])O[C@]2(CC)C(=O)[O-])O[C@H](COS(=O)(=O)[O-])[C@H]1OCCC.[Na+].[Na+].[Na+].[Na+].[Na+].[Na+].[Na+].[Na+]. The third kappa shape index (κ3) is 30.6. The minimum Gasteiger partial charge on any atom is -0.726 e. The van der Waals surface area contributed by atoms with E-state index in [0.717, 1.165) is 42.5 Å². The van der Waals surface area contributed by atoms with Gasteiger partial charge in [0.15, 0.2) is 49.3 Å². The molecule has 25 atom stereocenters. The molecular weight excluding hydrogens is 1640 g/mol. The van der Waals surface area contributed by atoms with Gasteiger partial charge in [-0.1, -0.05) is 20.8 Å². The number of hydrogen-bond acceptors (Lipinski definition) is 46. The van der Waals surface area contributed by atoms with Gasteiger partial charge in [-0.3, -0.25) is 25.1 Å². The minimum absolute atomic E-state index is 0. The number of aliphatic carboxylic acids is 2. The Balaban J connectivity index is -0.0000128. The summed E-state index contributed by atoms with van der Waals surface area (Å²) in [6.45, 7) is -1.18. The second kappa shape index (κ2) is 48.6. The Hall–Kier alpha value is 5.44. The van der Waals surface area contributed by atoms with Crippen molar-refractivity contribution in [2.24, 2.45) is 5.73 Å². The average molecular weight is 1710 g/mol. The van der Waals surface area contributed by atoms with E-state index in [0.29, 0.717) is 12.8 Å². The molecule has 0 amide bonds. The van der Waals surface area contributed by atoms with E-state index >= 15 is 0 Å². The summed E-state index contributed by atoms with van der Waals surface area (Å²) in [6.07, 6.45) is -50.1. The zero-order valence-electron chi connectivity index (χ0n) is 59.0. The van der Waals surface area contributed by atoms with Crippen molar-refractivity contribution in [1.82, 2.24) is 0 Å². The van der Waals surface area contributed by atoms with Crippen molar-refractivity contribution in [3.63, 3.8) is 0 Å². The summed E-state index contributed by atoms with van der Waals surface area (Å²) in [4.78, 5) is 27.3. The third-order valence-electron chi connectivity index (χ3n) is 15.2. The molecule has 7 heterocycles. The molecule has 7 rings (SSSR count). The molecule has 0 radical (unpaired) electrons. The van der Waals surface area contributed by atoms with Gasteiger partial charge in [0.1, 0.15) is 97.2 Å². The molecule has 0 aromatic rings. The summed E-state index contributed by atoms with van der Waals surface area (Å²) in [5, 5.41) is 27.3. The van der Waals surface area contributed by atoms with E-state index in [1.165, 1.54) is 0 Å². The first-order valence-corrected chi connectivity index (χ1v) is 35.8. The number of methoxy groups -OCH3 is 5. The van der Waals surface area contributed by atoms with Crippen molar-refractivity contribution in [1.29, 1.82) is 0 Å². The summed E-state index contributed by atoms with van der Waals surface area (Å²) < 4.78 is 344. The summed E-state index contributed by atoms with van der Waals surface area (Å²) in [5.74, 6) is -4.70. The first-order chi connectivity index (χ1) is 44.5. The van der Waals surface area contributed by atoms with Gasteiger partial charge in [-0.25, -0.2) is 50.5 Å². The van der Waals surface area contributed by atoms with Crippen LogP contribution in [0.15, 0.2) is 0 Å². The van der Waals surface area contributed by atoms with Crippen molar-refractivity contribution in [2.45, 2.75) is 192 Å². The van der Waals surface area contributed by atoms with Crippen LogP contribution in [0.1, 0.15) is 40.0 Å². The van der Waals surface area contributed by atoms with Crippen LogP contribution in [0.3, 0.4) is 0 Å². The van der Waals surface area contributed by atoms with Gasteiger partial charge in [0, 0.05) is 48.8 Å². The maximum Gasteiger partial charge on any atom is 1.00 e. The molecule has 7 aliphatic heterocycles. The Morgan fingerprint density at radius 2 is 0.808 bits per heavy atom. The van der Waals surface area contributed by atoms with E-state index in [9.17, 15) is 97.6 Å². The van der Waals surface area contributed by atoms with E-state index in [1.54, 1.807) is 13.8 Å². The zero-order valence-corrected chi connectivity index (χ0v) is 79.9. The number of carbonyl (C=O) groups excluding carboxylic acids is 2. The molecule has 0 spiro atoms. The molecule has 60 heteroatoms. The molecule has 7 aliphatic rings. The predicted molar refractivity (Wildman–Crippen MR) is 280 cm³/mol. The number of rotatable bonds is 37. The minimum atomic E-state index is -6.47. The number of nitrogens with two attached hydrogens (primary N) is 1. The maximum atomic E-state index is 13.7.